The smallest absolute Gasteiger partial charge is 0.262 e. The Morgan fingerprint density at radius 2 is 2.18 bits per heavy atom. The van der Waals surface area contributed by atoms with E-state index < -0.39 is 0 Å². The van der Waals surface area contributed by atoms with Gasteiger partial charge in [0.2, 0.25) is 0 Å². The third-order valence-corrected chi connectivity index (χ3v) is 3.79. The first-order valence-electron chi connectivity index (χ1n) is 7.71. The Bertz CT molecular complexity index is 576. The van der Waals surface area contributed by atoms with Crippen LogP contribution in [0.3, 0.4) is 0 Å². The minimum absolute atomic E-state index is 0.0780. The number of ether oxygens (including phenoxy) is 1. The van der Waals surface area contributed by atoms with Gasteiger partial charge >= 0.3 is 0 Å². The summed E-state index contributed by atoms with van der Waals surface area (Å²) >= 11 is 0. The molecule has 1 aliphatic heterocycles. The molecule has 0 radical (unpaired) electrons. The van der Waals surface area contributed by atoms with E-state index in [4.69, 9.17) is 4.74 Å². The van der Waals surface area contributed by atoms with Crippen LogP contribution in [-0.4, -0.2) is 25.2 Å². The number of hydrogen-bond donors (Lipinski definition) is 1. The highest BCUT2D eigenvalue weighted by atomic mass is 16.5. The van der Waals surface area contributed by atoms with Crippen LogP contribution in [0.25, 0.3) is 6.08 Å². The van der Waals surface area contributed by atoms with Gasteiger partial charge in [0, 0.05) is 13.2 Å². The van der Waals surface area contributed by atoms with Gasteiger partial charge in [0.05, 0.1) is 6.10 Å². The van der Waals surface area contributed by atoms with Crippen molar-refractivity contribution in [2.45, 2.75) is 38.7 Å². The monoisotopic (exact) mass is 298 g/mol. The summed E-state index contributed by atoms with van der Waals surface area (Å²) < 4.78 is 5.45. The van der Waals surface area contributed by atoms with Crippen LogP contribution in [0.2, 0.25) is 0 Å². The average Bonchev–Trinajstić information content (AvgIpc) is 3.04. The van der Waals surface area contributed by atoms with E-state index in [2.05, 4.69) is 19.2 Å². The molecule has 1 aromatic rings. The van der Waals surface area contributed by atoms with Crippen molar-refractivity contribution in [3.8, 4) is 6.07 Å². The first-order chi connectivity index (χ1) is 10.6. The van der Waals surface area contributed by atoms with E-state index in [1.165, 1.54) is 5.56 Å². The number of carbonyl (C=O) groups is 1. The number of nitrogens with one attached hydrogen (secondary N) is 1. The lowest BCUT2D eigenvalue weighted by molar-refractivity contribution is -0.117. The summed E-state index contributed by atoms with van der Waals surface area (Å²) in [5.41, 5.74) is 2.21. The van der Waals surface area contributed by atoms with E-state index in [9.17, 15) is 10.1 Å². The van der Waals surface area contributed by atoms with Gasteiger partial charge in [0.15, 0.2) is 0 Å². The molecule has 0 saturated carbocycles. The molecule has 22 heavy (non-hydrogen) atoms. The SMILES string of the molecule is CC(C)c1ccc(/C=C(\C#N)C(=O)NC[C@@H]2CCCO2)cc1. The number of nitrogens with zero attached hydrogens (tertiary/aromatic N) is 1. The predicted octanol–water partition coefficient (Wildman–Crippen LogP) is 3.01. The van der Waals surface area contributed by atoms with Gasteiger partial charge in [-0.05, 0) is 36.0 Å². The van der Waals surface area contributed by atoms with Gasteiger partial charge in [-0.2, -0.15) is 5.26 Å². The molecule has 1 fully saturated rings. The van der Waals surface area contributed by atoms with Crippen LogP contribution in [0, 0.1) is 11.3 Å². The molecule has 0 aromatic heterocycles. The zero-order chi connectivity index (χ0) is 15.9. The normalized spacial score (nSPS) is 18.3. The van der Waals surface area contributed by atoms with E-state index in [-0.39, 0.29) is 17.6 Å². The Labute approximate surface area is 131 Å². The van der Waals surface area contributed by atoms with E-state index >= 15 is 0 Å². The Morgan fingerprint density at radius 1 is 1.45 bits per heavy atom. The fourth-order valence-electron chi connectivity index (χ4n) is 2.40. The van der Waals surface area contributed by atoms with Crippen molar-refractivity contribution in [3.63, 3.8) is 0 Å². The molecule has 4 nitrogen and oxygen atoms in total. The van der Waals surface area contributed by atoms with Crippen LogP contribution in [0.4, 0.5) is 0 Å². The van der Waals surface area contributed by atoms with Gasteiger partial charge in [0.25, 0.3) is 5.91 Å². The highest BCUT2D eigenvalue weighted by Crippen LogP contribution is 2.16. The molecule has 1 atom stereocenters. The van der Waals surface area contributed by atoms with Gasteiger partial charge in [0.1, 0.15) is 11.6 Å². The molecule has 0 aliphatic carbocycles. The van der Waals surface area contributed by atoms with Crippen molar-refractivity contribution in [1.82, 2.24) is 5.32 Å². The van der Waals surface area contributed by atoms with Crippen LogP contribution in [0.5, 0.6) is 0 Å². The summed E-state index contributed by atoms with van der Waals surface area (Å²) in [5, 5.41) is 12.0. The van der Waals surface area contributed by atoms with Crippen molar-refractivity contribution in [3.05, 3.63) is 41.0 Å². The Balaban J connectivity index is 1.99. The second-order valence-electron chi connectivity index (χ2n) is 5.84. The summed E-state index contributed by atoms with van der Waals surface area (Å²) in [4.78, 5) is 12.1. The summed E-state index contributed by atoms with van der Waals surface area (Å²) in [6.45, 7) is 5.47. The highest BCUT2D eigenvalue weighted by Gasteiger charge is 2.17. The minimum atomic E-state index is -0.342. The lowest BCUT2D eigenvalue weighted by atomic mass is 10.0. The maximum atomic E-state index is 12.1. The van der Waals surface area contributed by atoms with E-state index in [0.717, 1.165) is 25.0 Å². The second kappa shape index (κ2) is 7.77. The molecule has 0 spiro atoms. The third-order valence-electron chi connectivity index (χ3n) is 3.79. The standard InChI is InChI=1S/C18H22N2O2/c1-13(2)15-7-5-14(6-8-15)10-16(11-19)18(21)20-12-17-4-3-9-22-17/h5-8,10,13,17H,3-4,9,12H2,1-2H3,(H,20,21)/b16-10+/t17-/m0/s1. The number of nitriles is 1. The first kappa shape index (κ1) is 16.3. The van der Waals surface area contributed by atoms with Crippen molar-refractivity contribution in [1.29, 1.82) is 5.26 Å². The topological polar surface area (TPSA) is 62.1 Å². The highest BCUT2D eigenvalue weighted by molar-refractivity contribution is 6.01. The molecule has 1 heterocycles. The van der Waals surface area contributed by atoms with E-state index in [0.29, 0.717) is 12.5 Å². The molecule has 0 unspecified atom stereocenters. The summed E-state index contributed by atoms with van der Waals surface area (Å²) in [6, 6.07) is 9.88. The lowest BCUT2D eigenvalue weighted by Crippen LogP contribution is -2.32. The first-order valence-corrected chi connectivity index (χ1v) is 7.71. The van der Waals surface area contributed by atoms with Crippen LogP contribution in [0.1, 0.15) is 43.7 Å². The number of rotatable bonds is 5. The lowest BCUT2D eigenvalue weighted by Gasteiger charge is -2.10. The second-order valence-corrected chi connectivity index (χ2v) is 5.84. The number of hydrogen-bond acceptors (Lipinski definition) is 3. The molecular formula is C18H22N2O2. The van der Waals surface area contributed by atoms with Crippen molar-refractivity contribution < 1.29 is 9.53 Å². The Morgan fingerprint density at radius 3 is 2.73 bits per heavy atom. The molecule has 1 aromatic carbocycles. The van der Waals surface area contributed by atoms with Crippen molar-refractivity contribution in [2.75, 3.05) is 13.2 Å². The maximum absolute atomic E-state index is 12.1. The van der Waals surface area contributed by atoms with E-state index in [1.54, 1.807) is 6.08 Å². The quantitative estimate of drug-likeness (QED) is 0.671. The van der Waals surface area contributed by atoms with Crippen LogP contribution in [-0.2, 0) is 9.53 Å². The molecule has 1 N–H and O–H groups in total. The molecule has 0 bridgehead atoms. The van der Waals surface area contributed by atoms with E-state index in [1.807, 2.05) is 30.3 Å². The summed E-state index contributed by atoms with van der Waals surface area (Å²) in [5.74, 6) is 0.120. The van der Waals surface area contributed by atoms with Gasteiger partial charge in [-0.3, -0.25) is 4.79 Å². The molecule has 1 saturated heterocycles. The maximum Gasteiger partial charge on any atom is 0.262 e. The largest absolute Gasteiger partial charge is 0.376 e. The number of benzene rings is 1. The van der Waals surface area contributed by atoms with Gasteiger partial charge in [-0.1, -0.05) is 38.1 Å². The van der Waals surface area contributed by atoms with Gasteiger partial charge in [-0.25, -0.2) is 0 Å². The third kappa shape index (κ3) is 4.44. The van der Waals surface area contributed by atoms with Crippen LogP contribution >= 0.6 is 0 Å². The minimum Gasteiger partial charge on any atom is -0.376 e. The molecule has 4 heteroatoms. The van der Waals surface area contributed by atoms with Crippen LogP contribution in [0.15, 0.2) is 29.8 Å². The number of carbonyl (C=O) groups excluding carboxylic acids is 1. The van der Waals surface area contributed by atoms with Gasteiger partial charge in [-0.15, -0.1) is 0 Å². The fraction of sp³-hybridized carbons (Fsp3) is 0.444. The summed E-state index contributed by atoms with van der Waals surface area (Å²) in [6.07, 6.45) is 3.69. The number of amides is 1. The zero-order valence-electron chi connectivity index (χ0n) is 13.1. The molecule has 1 aliphatic rings. The molecule has 2 rings (SSSR count). The predicted molar refractivity (Wildman–Crippen MR) is 86.1 cm³/mol. The van der Waals surface area contributed by atoms with Crippen LogP contribution < -0.4 is 5.32 Å². The Hall–Kier alpha value is -2.12. The average molecular weight is 298 g/mol. The van der Waals surface area contributed by atoms with Gasteiger partial charge < -0.3 is 10.1 Å². The summed E-state index contributed by atoms with van der Waals surface area (Å²) in [7, 11) is 0. The van der Waals surface area contributed by atoms with Crippen molar-refractivity contribution >= 4 is 12.0 Å². The zero-order valence-corrected chi connectivity index (χ0v) is 13.1. The molecular weight excluding hydrogens is 276 g/mol. The Kier molecular flexibility index (Phi) is 5.74. The molecule has 1 amide bonds. The fourth-order valence-corrected chi connectivity index (χ4v) is 2.40. The molecule has 116 valence electrons. The van der Waals surface area contributed by atoms with Crippen molar-refractivity contribution in [2.24, 2.45) is 0 Å².